The summed E-state index contributed by atoms with van der Waals surface area (Å²) in [6, 6.07) is 42.7. The summed E-state index contributed by atoms with van der Waals surface area (Å²) in [4.78, 5) is 4.94. The zero-order chi connectivity index (χ0) is 40.5. The molecule has 2 aliphatic rings. The lowest BCUT2D eigenvalue weighted by Gasteiger charge is -2.41. The number of rotatable bonds is 5. The summed E-state index contributed by atoms with van der Waals surface area (Å²) in [6.07, 6.45) is 1.94. The van der Waals surface area contributed by atoms with E-state index in [1.165, 1.54) is 55.8 Å². The normalized spacial score (nSPS) is 19.3. The molecule has 0 spiro atoms. The van der Waals surface area contributed by atoms with Crippen molar-refractivity contribution < 1.29 is 4.74 Å². The van der Waals surface area contributed by atoms with Crippen LogP contribution in [-0.2, 0) is 21.7 Å². The predicted molar refractivity (Wildman–Crippen MR) is 240 cm³/mol. The Morgan fingerprint density at radius 2 is 1.05 bits per heavy atom. The summed E-state index contributed by atoms with van der Waals surface area (Å²) < 4.78 is 10.4. The molecule has 5 nitrogen and oxygen atoms in total. The molecule has 1 unspecified atom stereocenters. The van der Waals surface area contributed by atoms with Gasteiger partial charge in [0.1, 0.15) is 17.3 Å². The van der Waals surface area contributed by atoms with Crippen molar-refractivity contribution >= 4 is 44.6 Å². The van der Waals surface area contributed by atoms with Crippen molar-refractivity contribution in [3.05, 3.63) is 150 Å². The Hall–Kier alpha value is -5.23. The Bertz CT molecular complexity index is 2750. The van der Waals surface area contributed by atoms with Crippen LogP contribution in [0.2, 0.25) is 0 Å². The molecule has 0 saturated carbocycles. The van der Waals surface area contributed by atoms with E-state index < -0.39 is 0 Å². The fourth-order valence-electron chi connectivity index (χ4n) is 8.83. The summed E-state index contributed by atoms with van der Waals surface area (Å²) in [5.41, 5.74) is 12.7. The van der Waals surface area contributed by atoms with E-state index in [9.17, 15) is 0 Å². The lowest BCUT2D eigenvalue weighted by atomic mass is 9.85. The van der Waals surface area contributed by atoms with Gasteiger partial charge in [0.15, 0.2) is 18.0 Å². The number of quaternary nitrogens is 2. The highest BCUT2D eigenvalue weighted by molar-refractivity contribution is 6.10. The molecule has 290 valence electrons. The first-order valence-corrected chi connectivity index (χ1v) is 20.5. The molecule has 0 aliphatic carbocycles. The van der Waals surface area contributed by atoms with E-state index >= 15 is 0 Å². The minimum atomic E-state index is -0.00628. The van der Waals surface area contributed by atoms with Crippen LogP contribution in [0.4, 0.5) is 22.7 Å². The molecule has 5 aromatic carbocycles. The Labute approximate surface area is 339 Å². The second-order valence-electron chi connectivity index (χ2n) is 20.5. The van der Waals surface area contributed by atoms with E-state index in [4.69, 9.17) is 9.72 Å². The van der Waals surface area contributed by atoms with Gasteiger partial charge in [-0.3, -0.25) is 4.57 Å². The van der Waals surface area contributed by atoms with Gasteiger partial charge < -0.3 is 4.74 Å². The molecule has 9 rings (SSSR count). The van der Waals surface area contributed by atoms with Crippen LogP contribution in [0, 0.1) is 6.67 Å². The number of ether oxygens (including phenoxy) is 1. The maximum absolute atomic E-state index is 6.84. The molecular weight excluding hydrogens is 697 g/mol. The zero-order valence-corrected chi connectivity index (χ0v) is 35.8. The minimum absolute atomic E-state index is 0.00628. The van der Waals surface area contributed by atoms with Crippen molar-refractivity contribution in [2.45, 2.75) is 105 Å². The van der Waals surface area contributed by atoms with Gasteiger partial charge >= 0.3 is 0 Å². The molecule has 2 aliphatic heterocycles. The summed E-state index contributed by atoms with van der Waals surface area (Å²) in [5.74, 6) is 2.51. The highest BCUT2D eigenvalue weighted by Crippen LogP contribution is 2.75. The molecule has 4 heterocycles. The number of pyridine rings is 1. The zero-order valence-electron chi connectivity index (χ0n) is 35.8. The van der Waals surface area contributed by atoms with Crippen LogP contribution in [0.1, 0.15) is 105 Å². The van der Waals surface area contributed by atoms with Gasteiger partial charge in [0, 0.05) is 59.4 Å². The van der Waals surface area contributed by atoms with E-state index in [1.807, 2.05) is 6.20 Å². The first kappa shape index (κ1) is 37.4. The van der Waals surface area contributed by atoms with E-state index in [0.29, 0.717) is 9.18 Å². The average molecular weight is 754 g/mol. The van der Waals surface area contributed by atoms with Crippen LogP contribution in [0.25, 0.3) is 27.6 Å². The molecule has 0 radical (unpaired) electrons. The molecule has 0 bridgehead atoms. The molecular formula is C52H57N4O+. The van der Waals surface area contributed by atoms with E-state index in [2.05, 4.69) is 210 Å². The SMILES string of the molecule is CC(C)(C)c1cccc([N@+]23[CH-][N+]2(c2cccc(Oc4ccc5c6cc(C(C)(C)C)ccc6n(-c6cc(C(C)(C)C)ccn6)c5c4)c2)c2ccc(C(C)(C)C)cc23)c1. The highest BCUT2D eigenvalue weighted by atomic mass is 16.5. The van der Waals surface area contributed by atoms with Crippen molar-refractivity contribution in [3.63, 3.8) is 0 Å². The third kappa shape index (κ3) is 5.76. The molecule has 1 saturated heterocycles. The van der Waals surface area contributed by atoms with Crippen molar-refractivity contribution in [1.29, 1.82) is 0 Å². The van der Waals surface area contributed by atoms with Gasteiger partial charge in [0.05, 0.1) is 11.0 Å². The third-order valence-electron chi connectivity index (χ3n) is 12.4. The molecule has 2 aromatic heterocycles. The molecule has 5 heteroatoms. The Balaban J connectivity index is 1.15. The number of nitrogens with zero attached hydrogens (tertiary/aromatic N) is 4. The summed E-state index contributed by atoms with van der Waals surface area (Å²) in [7, 11) is 0. The van der Waals surface area contributed by atoms with Gasteiger partial charge in [-0.15, -0.1) is 0 Å². The van der Waals surface area contributed by atoms with E-state index in [-0.39, 0.29) is 21.7 Å². The largest absolute Gasteiger partial charge is 0.457 e. The van der Waals surface area contributed by atoms with Crippen LogP contribution in [0.15, 0.2) is 121 Å². The first-order chi connectivity index (χ1) is 26.7. The van der Waals surface area contributed by atoms with Gasteiger partial charge in [0.25, 0.3) is 0 Å². The first-order valence-electron chi connectivity index (χ1n) is 20.5. The van der Waals surface area contributed by atoms with Crippen molar-refractivity contribution in [1.82, 2.24) is 18.7 Å². The fraction of sp³-hybridized carbons (Fsp3) is 0.308. The van der Waals surface area contributed by atoms with Crippen molar-refractivity contribution in [2.24, 2.45) is 0 Å². The Kier molecular flexibility index (Phi) is 7.96. The van der Waals surface area contributed by atoms with Crippen LogP contribution >= 0.6 is 0 Å². The number of benzene rings is 5. The maximum Gasteiger partial charge on any atom is 0.225 e. The standard InChI is InChI=1S/C52H57N4O/c1-49(2,3)34-15-13-16-38(27-34)56-33-55(56,46-24-20-36(29-47(46)56)51(7,8)9)39-17-14-18-40(31-39)57-41-21-22-42-43-28-35(50(4,5)6)19-23-44(43)54(45(42)32-41)48-30-37(25-26-53-48)52(10,11)12/h13-33H,1-12H3/q+1/t55?,56-/m0/s1. The van der Waals surface area contributed by atoms with Gasteiger partial charge in [-0.25, -0.2) is 4.98 Å². The maximum atomic E-state index is 6.84. The molecule has 57 heavy (non-hydrogen) atoms. The van der Waals surface area contributed by atoms with Gasteiger partial charge in [-0.1, -0.05) is 113 Å². The molecule has 0 amide bonds. The van der Waals surface area contributed by atoms with Crippen molar-refractivity contribution in [3.8, 4) is 17.3 Å². The summed E-state index contributed by atoms with van der Waals surface area (Å²) in [5, 5.41) is 2.40. The lowest BCUT2D eigenvalue weighted by Crippen LogP contribution is -2.46. The van der Waals surface area contributed by atoms with Gasteiger partial charge in [-0.05, 0) is 86.4 Å². The quantitative estimate of drug-likeness (QED) is 0.0994. The predicted octanol–water partition coefficient (Wildman–Crippen LogP) is 14.5. The average Bonchev–Trinajstić information content (AvgIpc) is 3.64. The van der Waals surface area contributed by atoms with E-state index in [1.54, 1.807) is 0 Å². The van der Waals surface area contributed by atoms with Crippen LogP contribution in [0.5, 0.6) is 11.5 Å². The highest BCUT2D eigenvalue weighted by Gasteiger charge is 2.78. The number of fused-ring (bicyclic) bond motifs is 7. The van der Waals surface area contributed by atoms with Gasteiger partial charge in [-0.2, -0.15) is 9.18 Å². The number of aromatic nitrogens is 2. The lowest BCUT2D eigenvalue weighted by molar-refractivity contribution is 0.421. The minimum Gasteiger partial charge on any atom is -0.457 e. The Morgan fingerprint density at radius 3 is 1.75 bits per heavy atom. The summed E-state index contributed by atoms with van der Waals surface area (Å²) in [6.45, 7) is 29.8. The molecule has 2 atom stereocenters. The molecule has 0 N–H and O–H groups in total. The van der Waals surface area contributed by atoms with Crippen LogP contribution in [0.3, 0.4) is 0 Å². The smallest absolute Gasteiger partial charge is 0.225 e. The van der Waals surface area contributed by atoms with Crippen molar-refractivity contribution in [2.75, 3.05) is 0 Å². The third-order valence-corrected chi connectivity index (χ3v) is 12.4. The van der Waals surface area contributed by atoms with Crippen LogP contribution < -0.4 is 13.9 Å². The fourth-order valence-corrected chi connectivity index (χ4v) is 8.83. The van der Waals surface area contributed by atoms with E-state index in [0.717, 1.165) is 28.4 Å². The second-order valence-corrected chi connectivity index (χ2v) is 20.5. The number of hydrogen-bond donors (Lipinski definition) is 0. The van der Waals surface area contributed by atoms with Gasteiger partial charge in [0.2, 0.25) is 11.4 Å². The second kappa shape index (κ2) is 12.1. The molecule has 7 aromatic rings. The monoisotopic (exact) mass is 753 g/mol. The molecule has 1 fully saturated rings. The number of hydrogen-bond acceptors (Lipinski definition) is 2. The van der Waals surface area contributed by atoms with Crippen LogP contribution in [-0.4, -0.2) is 9.55 Å². The Morgan fingerprint density at radius 1 is 0.474 bits per heavy atom. The topological polar surface area (TPSA) is 27.1 Å². The summed E-state index contributed by atoms with van der Waals surface area (Å²) >= 11 is 0.